The van der Waals surface area contributed by atoms with Crippen molar-refractivity contribution in [3.63, 3.8) is 0 Å². The van der Waals surface area contributed by atoms with Gasteiger partial charge in [-0.1, -0.05) is 13.8 Å². The molecule has 1 aromatic carbocycles. The molecule has 0 saturated heterocycles. The number of ether oxygens (including phenoxy) is 1. The average molecular weight is 322 g/mol. The Labute approximate surface area is 135 Å². The van der Waals surface area contributed by atoms with Crippen molar-refractivity contribution in [1.82, 2.24) is 5.32 Å². The first-order chi connectivity index (χ1) is 10.6. The number of hydrogen-bond donors (Lipinski definition) is 2. The highest BCUT2D eigenvalue weighted by atomic mass is 19.1. The molecule has 5 nitrogen and oxygen atoms in total. The number of amides is 2. The molecule has 126 valence electrons. The molecule has 1 aliphatic rings. The molecule has 0 aliphatic heterocycles. The first kappa shape index (κ1) is 17.4. The predicted molar refractivity (Wildman–Crippen MR) is 85.8 cm³/mol. The quantitative estimate of drug-likeness (QED) is 0.895. The van der Waals surface area contributed by atoms with Gasteiger partial charge in [-0.05, 0) is 31.5 Å². The molecule has 0 radical (unpaired) electrons. The minimum absolute atomic E-state index is 0.000232. The Morgan fingerprint density at radius 1 is 1.30 bits per heavy atom. The van der Waals surface area contributed by atoms with Gasteiger partial charge >= 0.3 is 0 Å². The van der Waals surface area contributed by atoms with Crippen molar-refractivity contribution in [2.75, 3.05) is 12.4 Å². The van der Waals surface area contributed by atoms with E-state index < -0.39 is 11.7 Å². The maximum absolute atomic E-state index is 13.6. The third-order valence-electron chi connectivity index (χ3n) is 5.12. The molecule has 1 aromatic rings. The Balaban J connectivity index is 2.12. The predicted octanol–water partition coefficient (Wildman–Crippen LogP) is 2.72. The smallest absolute Gasteiger partial charge is 0.251 e. The van der Waals surface area contributed by atoms with E-state index in [-0.39, 0.29) is 28.7 Å². The summed E-state index contributed by atoms with van der Waals surface area (Å²) in [4.78, 5) is 23.5. The van der Waals surface area contributed by atoms with Crippen molar-refractivity contribution >= 4 is 17.5 Å². The van der Waals surface area contributed by atoms with E-state index in [4.69, 9.17) is 4.74 Å². The Kier molecular flexibility index (Phi) is 4.48. The molecule has 23 heavy (non-hydrogen) atoms. The number of anilines is 1. The molecule has 2 rings (SSSR count). The highest BCUT2D eigenvalue weighted by molar-refractivity contribution is 5.97. The SMILES string of the molecule is CO[C@@]1(C)C[C@H](NC(=O)c2ccc(F)c(NC(C)=O)c2)C1(C)C. The van der Waals surface area contributed by atoms with E-state index in [1.807, 2.05) is 20.8 Å². The van der Waals surface area contributed by atoms with Crippen LogP contribution in [0, 0.1) is 11.2 Å². The fourth-order valence-electron chi connectivity index (χ4n) is 2.92. The van der Waals surface area contributed by atoms with E-state index in [1.165, 1.54) is 25.1 Å². The fourth-order valence-corrected chi connectivity index (χ4v) is 2.92. The molecular formula is C17H23FN2O3. The van der Waals surface area contributed by atoms with Crippen molar-refractivity contribution < 1.29 is 18.7 Å². The molecule has 2 amide bonds. The van der Waals surface area contributed by atoms with E-state index >= 15 is 0 Å². The van der Waals surface area contributed by atoms with Gasteiger partial charge in [-0.2, -0.15) is 0 Å². The van der Waals surface area contributed by atoms with Crippen LogP contribution < -0.4 is 10.6 Å². The molecule has 0 spiro atoms. The van der Waals surface area contributed by atoms with Gasteiger partial charge in [0.15, 0.2) is 0 Å². The molecule has 1 fully saturated rings. The van der Waals surface area contributed by atoms with Crippen LogP contribution in [-0.2, 0) is 9.53 Å². The number of hydrogen-bond acceptors (Lipinski definition) is 3. The Morgan fingerprint density at radius 3 is 2.48 bits per heavy atom. The Hall–Kier alpha value is -1.95. The number of rotatable bonds is 4. The van der Waals surface area contributed by atoms with Gasteiger partial charge in [0.2, 0.25) is 5.91 Å². The van der Waals surface area contributed by atoms with Crippen LogP contribution in [0.15, 0.2) is 18.2 Å². The molecule has 6 heteroatoms. The van der Waals surface area contributed by atoms with Crippen LogP contribution in [0.3, 0.4) is 0 Å². The first-order valence-corrected chi connectivity index (χ1v) is 7.54. The van der Waals surface area contributed by atoms with Gasteiger partial charge in [-0.25, -0.2) is 4.39 Å². The third kappa shape index (κ3) is 3.08. The topological polar surface area (TPSA) is 67.4 Å². The van der Waals surface area contributed by atoms with Gasteiger partial charge in [0.25, 0.3) is 5.91 Å². The fraction of sp³-hybridized carbons (Fsp3) is 0.529. The van der Waals surface area contributed by atoms with Crippen LogP contribution in [0.25, 0.3) is 0 Å². The van der Waals surface area contributed by atoms with Gasteiger partial charge in [0.05, 0.1) is 11.3 Å². The second-order valence-corrected chi connectivity index (χ2v) is 6.76. The van der Waals surface area contributed by atoms with Crippen LogP contribution in [0.5, 0.6) is 0 Å². The Bertz CT molecular complexity index is 645. The summed E-state index contributed by atoms with van der Waals surface area (Å²) in [5, 5.41) is 5.33. The van der Waals surface area contributed by atoms with Crippen molar-refractivity contribution in [2.45, 2.75) is 45.8 Å². The lowest BCUT2D eigenvalue weighted by molar-refractivity contribution is -0.177. The Morgan fingerprint density at radius 2 is 1.96 bits per heavy atom. The van der Waals surface area contributed by atoms with Crippen LogP contribution in [0.2, 0.25) is 0 Å². The molecule has 0 heterocycles. The number of nitrogens with one attached hydrogen (secondary N) is 2. The molecule has 2 N–H and O–H groups in total. The molecule has 0 unspecified atom stereocenters. The number of carbonyl (C=O) groups excluding carboxylic acids is 2. The van der Waals surface area contributed by atoms with Gasteiger partial charge in [-0.3, -0.25) is 9.59 Å². The highest BCUT2D eigenvalue weighted by Crippen LogP contribution is 2.51. The second-order valence-electron chi connectivity index (χ2n) is 6.76. The first-order valence-electron chi connectivity index (χ1n) is 7.54. The zero-order valence-electron chi connectivity index (χ0n) is 14.1. The van der Waals surface area contributed by atoms with Gasteiger partial charge in [0.1, 0.15) is 5.82 Å². The summed E-state index contributed by atoms with van der Waals surface area (Å²) in [6.07, 6.45) is 0.710. The lowest BCUT2D eigenvalue weighted by atomic mass is 9.56. The maximum atomic E-state index is 13.6. The summed E-state index contributed by atoms with van der Waals surface area (Å²) in [5.74, 6) is -1.27. The standard InChI is InChI=1S/C17H23FN2O3/c1-10(21)19-13-8-11(6-7-12(13)18)15(22)20-14-9-17(4,23-5)16(14,2)3/h6-8,14H,9H2,1-5H3,(H,19,21)(H,20,22)/t14-,17-/m0/s1. The van der Waals surface area contributed by atoms with Gasteiger partial charge in [-0.15, -0.1) is 0 Å². The summed E-state index contributed by atoms with van der Waals surface area (Å²) in [5.41, 5.74) is -0.191. The van der Waals surface area contributed by atoms with Crippen LogP contribution in [0.1, 0.15) is 44.5 Å². The van der Waals surface area contributed by atoms with E-state index in [1.54, 1.807) is 7.11 Å². The van der Waals surface area contributed by atoms with Crippen molar-refractivity contribution in [1.29, 1.82) is 0 Å². The lowest BCUT2D eigenvalue weighted by Gasteiger charge is -2.59. The van der Waals surface area contributed by atoms with E-state index in [0.29, 0.717) is 12.0 Å². The van der Waals surface area contributed by atoms with E-state index in [9.17, 15) is 14.0 Å². The van der Waals surface area contributed by atoms with Crippen LogP contribution in [-0.4, -0.2) is 30.6 Å². The van der Waals surface area contributed by atoms with Crippen molar-refractivity contribution in [3.05, 3.63) is 29.6 Å². The van der Waals surface area contributed by atoms with E-state index in [0.717, 1.165) is 0 Å². The maximum Gasteiger partial charge on any atom is 0.251 e. The summed E-state index contributed by atoms with van der Waals surface area (Å²) >= 11 is 0. The molecule has 0 bridgehead atoms. The normalized spacial score (nSPS) is 25.4. The van der Waals surface area contributed by atoms with Crippen LogP contribution in [0.4, 0.5) is 10.1 Å². The molecule has 2 atom stereocenters. The third-order valence-corrected chi connectivity index (χ3v) is 5.12. The number of halogens is 1. The van der Waals surface area contributed by atoms with Gasteiger partial charge < -0.3 is 15.4 Å². The molecule has 0 aromatic heterocycles. The monoisotopic (exact) mass is 322 g/mol. The number of carbonyl (C=O) groups is 2. The minimum atomic E-state index is -0.576. The highest BCUT2D eigenvalue weighted by Gasteiger charge is 2.58. The second kappa shape index (κ2) is 5.92. The number of benzene rings is 1. The summed E-state index contributed by atoms with van der Waals surface area (Å²) < 4.78 is 19.2. The van der Waals surface area contributed by atoms with Crippen molar-refractivity contribution in [2.24, 2.45) is 5.41 Å². The summed E-state index contributed by atoms with van der Waals surface area (Å²) in [7, 11) is 1.67. The minimum Gasteiger partial charge on any atom is -0.378 e. The zero-order valence-corrected chi connectivity index (χ0v) is 14.1. The van der Waals surface area contributed by atoms with Crippen molar-refractivity contribution in [3.8, 4) is 0 Å². The average Bonchev–Trinajstić information content (AvgIpc) is 2.48. The van der Waals surface area contributed by atoms with Gasteiger partial charge in [0, 0.05) is 31.1 Å². The molecule has 1 saturated carbocycles. The lowest BCUT2D eigenvalue weighted by Crippen LogP contribution is -2.68. The molecular weight excluding hydrogens is 299 g/mol. The summed E-state index contributed by atoms with van der Waals surface area (Å²) in [6.45, 7) is 7.38. The largest absolute Gasteiger partial charge is 0.378 e. The summed E-state index contributed by atoms with van der Waals surface area (Å²) in [6, 6.07) is 3.88. The van der Waals surface area contributed by atoms with Crippen LogP contribution >= 0.6 is 0 Å². The zero-order chi connectivity index (χ0) is 17.4. The number of methoxy groups -OCH3 is 1. The van der Waals surface area contributed by atoms with E-state index in [2.05, 4.69) is 10.6 Å². The molecule has 1 aliphatic carbocycles.